The molecule has 1 saturated carbocycles. The van der Waals surface area contributed by atoms with Crippen molar-refractivity contribution in [2.24, 2.45) is 11.8 Å². The molecule has 0 radical (unpaired) electrons. The first-order valence-electron chi connectivity index (χ1n) is 7.62. The van der Waals surface area contributed by atoms with Gasteiger partial charge in [0.2, 0.25) is 0 Å². The van der Waals surface area contributed by atoms with E-state index >= 15 is 0 Å². The van der Waals surface area contributed by atoms with E-state index in [9.17, 15) is 0 Å². The molecule has 2 aliphatic carbocycles. The number of furan rings is 1. The van der Waals surface area contributed by atoms with E-state index in [2.05, 4.69) is 25.2 Å². The summed E-state index contributed by atoms with van der Waals surface area (Å²) < 4.78 is 5.58. The average Bonchev–Trinajstić information content (AvgIpc) is 2.98. The van der Waals surface area contributed by atoms with Crippen molar-refractivity contribution in [1.29, 1.82) is 0 Å². The van der Waals surface area contributed by atoms with E-state index in [4.69, 9.17) is 4.42 Å². The van der Waals surface area contributed by atoms with Crippen molar-refractivity contribution in [2.75, 3.05) is 0 Å². The zero-order chi connectivity index (χ0) is 12.5. The molecule has 1 aromatic heterocycles. The van der Waals surface area contributed by atoms with Crippen LogP contribution in [0.1, 0.15) is 63.3 Å². The molecule has 1 aromatic rings. The van der Waals surface area contributed by atoms with Crippen LogP contribution in [0.25, 0.3) is 0 Å². The number of rotatable bonds is 3. The van der Waals surface area contributed by atoms with Gasteiger partial charge in [-0.3, -0.25) is 0 Å². The lowest BCUT2D eigenvalue weighted by Gasteiger charge is -2.29. The Morgan fingerprint density at radius 2 is 2.22 bits per heavy atom. The van der Waals surface area contributed by atoms with Gasteiger partial charge < -0.3 is 9.73 Å². The molecule has 18 heavy (non-hydrogen) atoms. The van der Waals surface area contributed by atoms with E-state index in [1.165, 1.54) is 43.4 Å². The molecule has 1 N–H and O–H groups in total. The van der Waals surface area contributed by atoms with Gasteiger partial charge in [-0.15, -0.1) is 0 Å². The van der Waals surface area contributed by atoms with Crippen molar-refractivity contribution >= 4 is 0 Å². The Morgan fingerprint density at radius 1 is 1.33 bits per heavy atom. The van der Waals surface area contributed by atoms with Crippen molar-refractivity contribution in [1.82, 2.24) is 5.32 Å². The summed E-state index contributed by atoms with van der Waals surface area (Å²) in [6, 6.07) is 3.42. The quantitative estimate of drug-likeness (QED) is 0.871. The highest BCUT2D eigenvalue weighted by Crippen LogP contribution is 2.37. The summed E-state index contributed by atoms with van der Waals surface area (Å²) in [6.45, 7) is 4.76. The van der Waals surface area contributed by atoms with Crippen molar-refractivity contribution < 1.29 is 4.42 Å². The summed E-state index contributed by atoms with van der Waals surface area (Å²) >= 11 is 0. The fraction of sp³-hybridized carbons (Fsp3) is 0.750. The second-order valence-corrected chi connectivity index (χ2v) is 6.12. The van der Waals surface area contributed by atoms with Crippen LogP contribution >= 0.6 is 0 Å². The molecule has 3 rings (SSSR count). The minimum atomic E-state index is 0.538. The highest BCUT2D eigenvalue weighted by atomic mass is 16.3. The second-order valence-electron chi connectivity index (χ2n) is 6.12. The highest BCUT2D eigenvalue weighted by molar-refractivity contribution is 5.24. The molecule has 1 heterocycles. The Kier molecular flexibility index (Phi) is 3.47. The van der Waals surface area contributed by atoms with Crippen molar-refractivity contribution in [3.05, 3.63) is 23.7 Å². The third-order valence-electron chi connectivity index (χ3n) is 5.22. The van der Waals surface area contributed by atoms with Crippen molar-refractivity contribution in [2.45, 2.75) is 64.5 Å². The van der Waals surface area contributed by atoms with Gasteiger partial charge in [0, 0.05) is 24.1 Å². The fourth-order valence-corrected chi connectivity index (χ4v) is 3.98. The minimum Gasteiger partial charge on any atom is -0.469 e. The molecule has 100 valence electrons. The van der Waals surface area contributed by atoms with Gasteiger partial charge in [-0.2, -0.15) is 0 Å². The third kappa shape index (κ3) is 2.11. The van der Waals surface area contributed by atoms with Crippen LogP contribution in [-0.4, -0.2) is 6.04 Å². The maximum atomic E-state index is 5.58. The van der Waals surface area contributed by atoms with Crippen LogP contribution in [0.2, 0.25) is 0 Å². The molecule has 0 aliphatic heterocycles. The number of fused-ring (bicyclic) bond motifs is 1. The van der Waals surface area contributed by atoms with E-state index in [0.717, 1.165) is 18.3 Å². The van der Waals surface area contributed by atoms with Crippen LogP contribution < -0.4 is 5.32 Å². The maximum Gasteiger partial charge on any atom is 0.108 e. The molecule has 2 nitrogen and oxygen atoms in total. The monoisotopic (exact) mass is 247 g/mol. The van der Waals surface area contributed by atoms with E-state index < -0.39 is 0 Å². The predicted molar refractivity (Wildman–Crippen MR) is 73.5 cm³/mol. The molecular weight excluding hydrogens is 222 g/mol. The first-order chi connectivity index (χ1) is 8.79. The van der Waals surface area contributed by atoms with Crippen LogP contribution in [0.4, 0.5) is 0 Å². The number of nitrogens with one attached hydrogen (secondary N) is 1. The van der Waals surface area contributed by atoms with Gasteiger partial charge in [0.05, 0.1) is 6.26 Å². The molecule has 2 aliphatic rings. The molecule has 4 atom stereocenters. The summed E-state index contributed by atoms with van der Waals surface area (Å²) in [6.07, 6.45) is 9.60. The Labute approximate surface area is 110 Å². The number of hydrogen-bond donors (Lipinski definition) is 1. The van der Waals surface area contributed by atoms with Gasteiger partial charge in [0.1, 0.15) is 5.76 Å². The van der Waals surface area contributed by atoms with Gasteiger partial charge in [0.15, 0.2) is 0 Å². The Morgan fingerprint density at radius 3 is 3.00 bits per heavy atom. The van der Waals surface area contributed by atoms with Gasteiger partial charge in [-0.1, -0.05) is 20.3 Å². The zero-order valence-electron chi connectivity index (χ0n) is 11.6. The summed E-state index contributed by atoms with van der Waals surface area (Å²) in [5, 5.41) is 3.91. The van der Waals surface area contributed by atoms with E-state index in [0.29, 0.717) is 12.1 Å². The highest BCUT2D eigenvalue weighted by Gasteiger charge is 2.34. The maximum absolute atomic E-state index is 5.58. The lowest BCUT2D eigenvalue weighted by molar-refractivity contribution is 0.303. The van der Waals surface area contributed by atoms with Crippen molar-refractivity contribution in [3.63, 3.8) is 0 Å². The van der Waals surface area contributed by atoms with Crippen LogP contribution in [-0.2, 0) is 6.42 Å². The molecule has 0 spiro atoms. The van der Waals surface area contributed by atoms with Gasteiger partial charge >= 0.3 is 0 Å². The normalized spacial score (nSPS) is 35.7. The third-order valence-corrected chi connectivity index (χ3v) is 5.22. The molecule has 0 saturated heterocycles. The van der Waals surface area contributed by atoms with Crippen molar-refractivity contribution in [3.8, 4) is 0 Å². The lowest BCUT2D eigenvalue weighted by atomic mass is 9.90. The van der Waals surface area contributed by atoms with E-state index in [-0.39, 0.29) is 0 Å². The Balaban J connectivity index is 1.68. The second kappa shape index (κ2) is 5.08. The van der Waals surface area contributed by atoms with E-state index in [1.807, 2.05) is 6.26 Å². The topological polar surface area (TPSA) is 25.2 Å². The largest absolute Gasteiger partial charge is 0.469 e. The molecule has 4 unspecified atom stereocenters. The molecule has 0 aromatic carbocycles. The summed E-state index contributed by atoms with van der Waals surface area (Å²) in [4.78, 5) is 0. The number of aryl methyl sites for hydroxylation is 1. The first kappa shape index (κ1) is 12.3. The molecule has 2 heteroatoms. The standard InChI is InChI=1S/C16H25NO/c1-3-12-7-8-14(11(12)2)17-15-5-4-6-16-13(15)9-10-18-16/h9-12,14-15,17H,3-8H2,1-2H3. The van der Waals surface area contributed by atoms with Crippen LogP contribution in [0.15, 0.2) is 16.7 Å². The predicted octanol–water partition coefficient (Wildman–Crippen LogP) is 4.07. The number of hydrogen-bond acceptors (Lipinski definition) is 2. The van der Waals surface area contributed by atoms with Crippen LogP contribution in [0, 0.1) is 11.8 Å². The Hall–Kier alpha value is -0.760. The SMILES string of the molecule is CCC1CCC(NC2CCCc3occc32)C1C. The average molecular weight is 247 g/mol. The Bertz CT molecular complexity index is 398. The molecular formula is C16H25NO. The molecule has 1 fully saturated rings. The van der Waals surface area contributed by atoms with E-state index in [1.54, 1.807) is 0 Å². The first-order valence-corrected chi connectivity index (χ1v) is 7.62. The zero-order valence-corrected chi connectivity index (χ0v) is 11.6. The van der Waals surface area contributed by atoms with Crippen LogP contribution in [0.5, 0.6) is 0 Å². The molecule has 0 amide bonds. The molecule has 0 bridgehead atoms. The summed E-state index contributed by atoms with van der Waals surface area (Å²) in [5.41, 5.74) is 1.42. The fourth-order valence-electron chi connectivity index (χ4n) is 3.98. The summed E-state index contributed by atoms with van der Waals surface area (Å²) in [7, 11) is 0. The van der Waals surface area contributed by atoms with Crippen LogP contribution in [0.3, 0.4) is 0 Å². The lowest BCUT2D eigenvalue weighted by Crippen LogP contribution is -2.37. The van der Waals surface area contributed by atoms with Gasteiger partial charge in [-0.25, -0.2) is 0 Å². The smallest absolute Gasteiger partial charge is 0.108 e. The summed E-state index contributed by atoms with van der Waals surface area (Å²) in [5.74, 6) is 2.97. The minimum absolute atomic E-state index is 0.538. The van der Waals surface area contributed by atoms with Gasteiger partial charge in [-0.05, 0) is 43.6 Å². The van der Waals surface area contributed by atoms with Gasteiger partial charge in [0.25, 0.3) is 0 Å².